The molecule has 1 aromatic heterocycles. The second-order valence-corrected chi connectivity index (χ2v) is 17.1. The highest BCUT2D eigenvalue weighted by Crippen LogP contribution is 2.46. The normalized spacial score (nSPS) is 23.6. The molecular formula is C42H45ClN10O5. The molecule has 9 rings (SSSR count). The smallest absolute Gasteiger partial charge is 0.274 e. The standard InChI is InChI=1S/C42H45ClN10O5/c1-26-21-42(25-52(26)29-4-6-33(44-2)32(43)20-29)11-13-49(14-12-42)36-9-7-34(46-47-36)41(58)50-17-15-48(16-18-50)22-27-23-51(24-27)28-3-5-30-31(19-28)40(57)53(39(30)56)35-8-10-37(54)45-38(35)55/h3-7,9,19-20,26-27,35H,8,10-18,21-25H2,1H3,(H,45,54,55)/t26-,35?/m0/s1. The lowest BCUT2D eigenvalue weighted by Gasteiger charge is -2.44. The van der Waals surface area contributed by atoms with Crippen LogP contribution in [0.5, 0.6) is 0 Å². The lowest BCUT2D eigenvalue weighted by atomic mass is 9.77. The van der Waals surface area contributed by atoms with E-state index < -0.39 is 29.7 Å². The SMILES string of the molecule is [C-]#[N+]c1ccc(N2CC3(CCN(c4ccc(C(=O)N5CCN(CC6CN(c7ccc8c(c7)C(=O)N(C7CCC(=O)NC7=O)C8=O)C6)CC5)nn4)CC3)C[C@@H]2C)cc1Cl. The lowest BCUT2D eigenvalue weighted by molar-refractivity contribution is -0.136. The van der Waals surface area contributed by atoms with Gasteiger partial charge in [0.25, 0.3) is 17.7 Å². The highest BCUT2D eigenvalue weighted by atomic mass is 35.5. The number of rotatable bonds is 7. The number of hydrogen-bond acceptors (Lipinski definition) is 11. The van der Waals surface area contributed by atoms with Gasteiger partial charge < -0.3 is 19.6 Å². The molecule has 0 aliphatic carbocycles. The van der Waals surface area contributed by atoms with Crippen molar-refractivity contribution in [1.29, 1.82) is 0 Å². The Morgan fingerprint density at radius 2 is 1.64 bits per heavy atom. The van der Waals surface area contributed by atoms with Gasteiger partial charge in [0, 0.05) is 100 Å². The maximum Gasteiger partial charge on any atom is 0.274 e. The second kappa shape index (κ2) is 15.0. The van der Waals surface area contributed by atoms with Gasteiger partial charge in [-0.1, -0.05) is 17.7 Å². The van der Waals surface area contributed by atoms with Crippen LogP contribution in [0.15, 0.2) is 48.5 Å². The van der Waals surface area contributed by atoms with Crippen LogP contribution >= 0.6 is 11.6 Å². The minimum Gasteiger partial charge on any atom is -0.371 e. The van der Waals surface area contributed by atoms with Crippen LogP contribution in [0.3, 0.4) is 0 Å². The van der Waals surface area contributed by atoms with E-state index in [1.54, 1.807) is 18.2 Å². The molecule has 2 aromatic carbocycles. The summed E-state index contributed by atoms with van der Waals surface area (Å²) in [6.45, 7) is 17.6. The molecule has 0 bridgehead atoms. The van der Waals surface area contributed by atoms with E-state index in [2.05, 4.69) is 46.9 Å². The molecule has 5 amide bonds. The third kappa shape index (κ3) is 6.91. The van der Waals surface area contributed by atoms with Crippen LogP contribution in [0.25, 0.3) is 4.85 Å². The van der Waals surface area contributed by atoms with Crippen molar-refractivity contribution in [1.82, 2.24) is 30.2 Å². The van der Waals surface area contributed by atoms with Gasteiger partial charge in [-0.25, -0.2) is 4.85 Å². The number of fused-ring (bicyclic) bond motifs is 1. The van der Waals surface area contributed by atoms with Crippen molar-refractivity contribution < 1.29 is 24.0 Å². The van der Waals surface area contributed by atoms with Gasteiger partial charge >= 0.3 is 0 Å². The molecule has 2 atom stereocenters. The fourth-order valence-corrected chi connectivity index (χ4v) is 10.0. The molecule has 0 radical (unpaired) electrons. The summed E-state index contributed by atoms with van der Waals surface area (Å²) in [7, 11) is 0. The predicted octanol–water partition coefficient (Wildman–Crippen LogP) is 3.86. The monoisotopic (exact) mass is 804 g/mol. The van der Waals surface area contributed by atoms with Crippen molar-refractivity contribution in [3.8, 4) is 0 Å². The molecule has 3 aromatic rings. The number of carbonyl (C=O) groups excluding carboxylic acids is 5. The minimum atomic E-state index is -0.982. The summed E-state index contributed by atoms with van der Waals surface area (Å²) >= 11 is 6.37. The summed E-state index contributed by atoms with van der Waals surface area (Å²) in [4.78, 5) is 79.4. The first-order valence-corrected chi connectivity index (χ1v) is 20.5. The summed E-state index contributed by atoms with van der Waals surface area (Å²) in [6, 6.07) is 14.1. The van der Waals surface area contributed by atoms with E-state index >= 15 is 0 Å². The van der Waals surface area contributed by atoms with E-state index in [0.717, 1.165) is 93.7 Å². The number of benzene rings is 2. The number of carbonyl (C=O) groups is 5. The summed E-state index contributed by atoms with van der Waals surface area (Å²) < 4.78 is 0. The van der Waals surface area contributed by atoms with E-state index in [-0.39, 0.29) is 35.3 Å². The maximum absolute atomic E-state index is 13.4. The van der Waals surface area contributed by atoms with Gasteiger partial charge in [-0.3, -0.25) is 39.1 Å². The quantitative estimate of drug-likeness (QED) is 0.275. The first-order valence-electron chi connectivity index (χ1n) is 20.1. The summed E-state index contributed by atoms with van der Waals surface area (Å²) in [5.41, 5.74) is 3.54. The third-order valence-corrected chi connectivity index (χ3v) is 13.4. The van der Waals surface area contributed by atoms with Crippen molar-refractivity contribution in [3.63, 3.8) is 0 Å². The van der Waals surface area contributed by atoms with E-state index in [1.807, 2.05) is 35.2 Å². The number of aromatic nitrogens is 2. The van der Waals surface area contributed by atoms with Crippen LogP contribution in [0.1, 0.15) is 70.2 Å². The lowest BCUT2D eigenvalue weighted by Crippen LogP contribution is -2.55. The van der Waals surface area contributed by atoms with E-state index in [0.29, 0.717) is 41.5 Å². The molecular weight excluding hydrogens is 760 g/mol. The van der Waals surface area contributed by atoms with E-state index in [4.69, 9.17) is 18.2 Å². The zero-order chi connectivity index (χ0) is 40.3. The zero-order valence-corrected chi connectivity index (χ0v) is 33.2. The summed E-state index contributed by atoms with van der Waals surface area (Å²) in [5.74, 6) is -0.900. The van der Waals surface area contributed by atoms with Crippen LogP contribution in [0, 0.1) is 17.9 Å². The Kier molecular flexibility index (Phi) is 9.80. The Morgan fingerprint density at radius 3 is 2.33 bits per heavy atom. The van der Waals surface area contributed by atoms with E-state index in [9.17, 15) is 24.0 Å². The van der Waals surface area contributed by atoms with Crippen LogP contribution in [0.4, 0.5) is 22.9 Å². The van der Waals surface area contributed by atoms with Gasteiger partial charge in [-0.05, 0) is 80.5 Å². The van der Waals surface area contributed by atoms with E-state index in [1.165, 1.54) is 0 Å². The highest BCUT2D eigenvalue weighted by Gasteiger charge is 2.46. The van der Waals surface area contributed by atoms with Crippen molar-refractivity contribution in [2.45, 2.75) is 51.1 Å². The van der Waals surface area contributed by atoms with Crippen LogP contribution < -0.4 is 20.0 Å². The van der Waals surface area contributed by atoms with Gasteiger partial charge in [-0.2, -0.15) is 0 Å². The molecule has 5 fully saturated rings. The summed E-state index contributed by atoms with van der Waals surface area (Å²) in [6.07, 6.45) is 3.39. The molecule has 5 saturated heterocycles. The molecule has 58 heavy (non-hydrogen) atoms. The maximum atomic E-state index is 13.4. The largest absolute Gasteiger partial charge is 0.371 e. The Labute approximate surface area is 341 Å². The topological polar surface area (TPSA) is 147 Å². The van der Waals surface area contributed by atoms with Crippen LogP contribution in [-0.4, -0.2) is 132 Å². The number of amides is 5. The average Bonchev–Trinajstić information content (AvgIpc) is 3.66. The van der Waals surface area contributed by atoms with Crippen molar-refractivity contribution in [3.05, 3.63) is 81.8 Å². The molecule has 16 heteroatoms. The average molecular weight is 805 g/mol. The van der Waals surface area contributed by atoms with Crippen LogP contribution in [-0.2, 0) is 9.59 Å². The predicted molar refractivity (Wildman–Crippen MR) is 216 cm³/mol. The van der Waals surface area contributed by atoms with Crippen molar-refractivity contribution >= 4 is 64.0 Å². The Hall–Kier alpha value is -5.59. The van der Waals surface area contributed by atoms with Gasteiger partial charge in [0.05, 0.1) is 17.7 Å². The molecule has 1 N–H and O–H groups in total. The number of halogens is 1. The second-order valence-electron chi connectivity index (χ2n) is 16.7. The zero-order valence-electron chi connectivity index (χ0n) is 32.4. The molecule has 6 aliphatic heterocycles. The Morgan fingerprint density at radius 1 is 0.897 bits per heavy atom. The number of hydrogen-bond donors (Lipinski definition) is 1. The fraction of sp³-hybridized carbons (Fsp3) is 0.476. The molecule has 6 aliphatic rings. The highest BCUT2D eigenvalue weighted by molar-refractivity contribution is 6.33. The van der Waals surface area contributed by atoms with Gasteiger partial charge in [0.2, 0.25) is 17.5 Å². The summed E-state index contributed by atoms with van der Waals surface area (Å²) in [5, 5.41) is 11.6. The number of anilines is 3. The Bertz CT molecular complexity index is 2220. The number of imide groups is 2. The molecule has 7 heterocycles. The minimum absolute atomic E-state index is 0.0839. The first-order chi connectivity index (χ1) is 28.0. The van der Waals surface area contributed by atoms with Gasteiger partial charge in [0.15, 0.2) is 11.5 Å². The van der Waals surface area contributed by atoms with Crippen molar-refractivity contribution in [2.75, 3.05) is 80.1 Å². The Balaban J connectivity index is 0.721. The molecule has 1 spiro atoms. The third-order valence-electron chi connectivity index (χ3n) is 13.1. The number of nitrogens with one attached hydrogen (secondary N) is 1. The van der Waals surface area contributed by atoms with Crippen LogP contribution in [0.2, 0.25) is 5.02 Å². The van der Waals surface area contributed by atoms with Gasteiger partial charge in [0.1, 0.15) is 6.04 Å². The number of piperazine rings is 1. The molecule has 1 unspecified atom stereocenters. The fourth-order valence-electron chi connectivity index (χ4n) is 9.82. The molecule has 300 valence electrons. The molecule has 0 saturated carbocycles. The molecule has 15 nitrogen and oxygen atoms in total. The van der Waals surface area contributed by atoms with Crippen molar-refractivity contribution in [2.24, 2.45) is 11.3 Å². The first kappa shape index (κ1) is 38.0. The van der Waals surface area contributed by atoms with Gasteiger partial charge in [-0.15, -0.1) is 10.2 Å². The number of nitrogens with zero attached hydrogens (tertiary/aromatic N) is 9. The number of piperidine rings is 2.